The van der Waals surface area contributed by atoms with Crippen LogP contribution in [-0.4, -0.2) is 4.98 Å². The van der Waals surface area contributed by atoms with Crippen LogP contribution in [0.1, 0.15) is 5.56 Å². The molecule has 0 aliphatic heterocycles. The molecule has 0 unspecified atom stereocenters. The molecular weight excluding hydrogens is 346 g/mol. The minimum Gasteiger partial charge on any atom is -0.398 e. The second-order valence-electron chi connectivity index (χ2n) is 3.68. The quantitative estimate of drug-likeness (QED) is 0.846. The molecule has 0 saturated carbocycles. The molecule has 1 aromatic heterocycles. The van der Waals surface area contributed by atoms with Gasteiger partial charge in [0.1, 0.15) is 5.82 Å². The van der Waals surface area contributed by atoms with Crippen LogP contribution in [0.15, 0.2) is 39.4 Å². The molecule has 0 amide bonds. The SMILES string of the molecule is Cc1cnc(Nc2ccc(Br)cc2Br)cc1N. The number of aryl methyl sites for hydroxylation is 1. The number of nitrogens with one attached hydrogen (secondary N) is 1. The number of nitrogen functional groups attached to an aromatic ring is 1. The number of hydrogen-bond acceptors (Lipinski definition) is 3. The van der Waals surface area contributed by atoms with E-state index in [0.717, 1.165) is 31.7 Å². The minimum absolute atomic E-state index is 0.732. The van der Waals surface area contributed by atoms with Gasteiger partial charge in [-0.2, -0.15) is 0 Å². The maximum absolute atomic E-state index is 5.84. The predicted octanol–water partition coefficient (Wildman–Crippen LogP) is 4.24. The number of aromatic nitrogens is 1. The van der Waals surface area contributed by atoms with Gasteiger partial charge in [-0.15, -0.1) is 0 Å². The number of halogens is 2. The van der Waals surface area contributed by atoms with Gasteiger partial charge in [0.2, 0.25) is 0 Å². The molecule has 0 spiro atoms. The molecule has 2 rings (SSSR count). The Bertz CT molecular complexity index is 555. The van der Waals surface area contributed by atoms with E-state index in [2.05, 4.69) is 42.2 Å². The highest BCUT2D eigenvalue weighted by atomic mass is 79.9. The zero-order valence-electron chi connectivity index (χ0n) is 9.17. The molecule has 0 bridgehead atoms. The van der Waals surface area contributed by atoms with Gasteiger partial charge in [0.25, 0.3) is 0 Å². The standard InChI is InChI=1S/C12H11Br2N3/c1-7-6-16-12(5-10(7)15)17-11-3-2-8(13)4-9(11)14/h2-6H,1H3,(H3,15,16,17). The molecule has 0 saturated heterocycles. The van der Waals surface area contributed by atoms with Crippen molar-refractivity contribution in [2.45, 2.75) is 6.92 Å². The van der Waals surface area contributed by atoms with Crippen LogP contribution in [-0.2, 0) is 0 Å². The lowest BCUT2D eigenvalue weighted by atomic mass is 10.2. The van der Waals surface area contributed by atoms with Crippen molar-refractivity contribution in [1.29, 1.82) is 0 Å². The van der Waals surface area contributed by atoms with Gasteiger partial charge in [-0.1, -0.05) is 15.9 Å². The lowest BCUT2D eigenvalue weighted by Crippen LogP contribution is -1.97. The monoisotopic (exact) mass is 355 g/mol. The highest BCUT2D eigenvalue weighted by Gasteiger charge is 2.03. The molecule has 3 N–H and O–H groups in total. The molecular formula is C12H11Br2N3. The Kier molecular flexibility index (Phi) is 3.69. The Morgan fingerprint density at radius 3 is 2.65 bits per heavy atom. The number of pyridine rings is 1. The third kappa shape index (κ3) is 2.98. The number of benzene rings is 1. The molecule has 0 aliphatic rings. The Morgan fingerprint density at radius 1 is 1.24 bits per heavy atom. The molecule has 0 aliphatic carbocycles. The van der Waals surface area contributed by atoms with Crippen LogP contribution in [0.3, 0.4) is 0 Å². The molecule has 17 heavy (non-hydrogen) atoms. The summed E-state index contributed by atoms with van der Waals surface area (Å²) in [5, 5.41) is 3.21. The third-order valence-electron chi connectivity index (χ3n) is 2.34. The molecule has 0 atom stereocenters. The van der Waals surface area contributed by atoms with Gasteiger partial charge in [-0.05, 0) is 46.6 Å². The Hall–Kier alpha value is -1.07. The van der Waals surface area contributed by atoms with E-state index in [1.807, 2.05) is 31.2 Å². The van der Waals surface area contributed by atoms with Crippen LogP contribution in [0.2, 0.25) is 0 Å². The van der Waals surface area contributed by atoms with Crippen LogP contribution in [0.5, 0.6) is 0 Å². The summed E-state index contributed by atoms with van der Waals surface area (Å²) in [4.78, 5) is 4.27. The molecule has 3 nitrogen and oxygen atoms in total. The first-order chi connectivity index (χ1) is 8.06. The fourth-order valence-corrected chi connectivity index (χ4v) is 2.48. The lowest BCUT2D eigenvalue weighted by molar-refractivity contribution is 1.26. The van der Waals surface area contributed by atoms with Gasteiger partial charge in [0, 0.05) is 26.9 Å². The molecule has 5 heteroatoms. The van der Waals surface area contributed by atoms with Crippen molar-refractivity contribution in [3.8, 4) is 0 Å². The number of anilines is 3. The molecule has 88 valence electrons. The molecule has 1 aromatic carbocycles. The van der Waals surface area contributed by atoms with E-state index in [1.54, 1.807) is 6.20 Å². The lowest BCUT2D eigenvalue weighted by Gasteiger charge is -2.09. The Labute approximate surface area is 117 Å². The van der Waals surface area contributed by atoms with E-state index in [0.29, 0.717) is 0 Å². The molecule has 2 aromatic rings. The molecule has 0 fully saturated rings. The maximum atomic E-state index is 5.84. The average molecular weight is 357 g/mol. The normalized spacial score (nSPS) is 10.3. The number of nitrogens with two attached hydrogens (primary N) is 1. The predicted molar refractivity (Wildman–Crippen MR) is 78.5 cm³/mol. The van der Waals surface area contributed by atoms with E-state index in [-0.39, 0.29) is 0 Å². The van der Waals surface area contributed by atoms with E-state index < -0.39 is 0 Å². The van der Waals surface area contributed by atoms with Crippen molar-refractivity contribution in [3.63, 3.8) is 0 Å². The summed E-state index contributed by atoms with van der Waals surface area (Å²) in [6.45, 7) is 1.93. The second kappa shape index (κ2) is 5.06. The summed E-state index contributed by atoms with van der Waals surface area (Å²) < 4.78 is 1.99. The maximum Gasteiger partial charge on any atom is 0.132 e. The van der Waals surface area contributed by atoms with E-state index >= 15 is 0 Å². The van der Waals surface area contributed by atoms with Crippen LogP contribution in [0.25, 0.3) is 0 Å². The summed E-state index contributed by atoms with van der Waals surface area (Å²) in [7, 11) is 0. The number of rotatable bonds is 2. The Morgan fingerprint density at radius 2 is 2.00 bits per heavy atom. The minimum atomic E-state index is 0.732. The van der Waals surface area contributed by atoms with Crippen LogP contribution < -0.4 is 11.1 Å². The van der Waals surface area contributed by atoms with Crippen molar-refractivity contribution in [3.05, 3.63) is 45.0 Å². The highest BCUT2D eigenvalue weighted by Crippen LogP contribution is 2.28. The van der Waals surface area contributed by atoms with Gasteiger partial charge >= 0.3 is 0 Å². The van der Waals surface area contributed by atoms with Crippen molar-refractivity contribution in [2.24, 2.45) is 0 Å². The van der Waals surface area contributed by atoms with Crippen LogP contribution in [0.4, 0.5) is 17.2 Å². The van der Waals surface area contributed by atoms with E-state index in [1.165, 1.54) is 0 Å². The largest absolute Gasteiger partial charge is 0.398 e. The summed E-state index contributed by atoms with van der Waals surface area (Å²) >= 11 is 6.90. The summed E-state index contributed by atoms with van der Waals surface area (Å²) in [6.07, 6.45) is 1.75. The second-order valence-corrected chi connectivity index (χ2v) is 5.45. The van der Waals surface area contributed by atoms with Gasteiger partial charge in [0.15, 0.2) is 0 Å². The van der Waals surface area contributed by atoms with Crippen molar-refractivity contribution in [1.82, 2.24) is 4.98 Å². The fraction of sp³-hybridized carbons (Fsp3) is 0.0833. The summed E-state index contributed by atoms with van der Waals surface area (Å²) in [5.74, 6) is 0.733. The van der Waals surface area contributed by atoms with Crippen molar-refractivity contribution < 1.29 is 0 Å². The van der Waals surface area contributed by atoms with Crippen molar-refractivity contribution >= 4 is 49.1 Å². The van der Waals surface area contributed by atoms with Gasteiger partial charge in [-0.25, -0.2) is 4.98 Å². The van der Waals surface area contributed by atoms with Crippen LogP contribution >= 0.6 is 31.9 Å². The van der Waals surface area contributed by atoms with Crippen LogP contribution in [0, 0.1) is 6.92 Å². The topological polar surface area (TPSA) is 50.9 Å². The van der Waals surface area contributed by atoms with E-state index in [4.69, 9.17) is 5.73 Å². The summed E-state index contributed by atoms with van der Waals surface area (Å²) in [5.41, 5.74) is 8.49. The Balaban J connectivity index is 2.28. The van der Waals surface area contributed by atoms with E-state index in [9.17, 15) is 0 Å². The third-order valence-corrected chi connectivity index (χ3v) is 3.49. The van der Waals surface area contributed by atoms with Gasteiger partial charge in [0.05, 0.1) is 5.69 Å². The van der Waals surface area contributed by atoms with Crippen molar-refractivity contribution in [2.75, 3.05) is 11.1 Å². The highest BCUT2D eigenvalue weighted by molar-refractivity contribution is 9.11. The molecule has 0 radical (unpaired) electrons. The fourth-order valence-electron chi connectivity index (χ4n) is 1.34. The first-order valence-electron chi connectivity index (χ1n) is 5.00. The number of hydrogen-bond donors (Lipinski definition) is 2. The zero-order chi connectivity index (χ0) is 12.4. The summed E-state index contributed by atoms with van der Waals surface area (Å²) in [6, 6.07) is 7.72. The zero-order valence-corrected chi connectivity index (χ0v) is 12.3. The first-order valence-corrected chi connectivity index (χ1v) is 6.59. The number of nitrogens with zero attached hydrogens (tertiary/aromatic N) is 1. The average Bonchev–Trinajstić information content (AvgIpc) is 2.27. The molecule has 1 heterocycles. The smallest absolute Gasteiger partial charge is 0.132 e. The first kappa shape index (κ1) is 12.4. The van der Waals surface area contributed by atoms with Gasteiger partial charge < -0.3 is 11.1 Å². The van der Waals surface area contributed by atoms with Gasteiger partial charge in [-0.3, -0.25) is 0 Å².